The minimum Gasteiger partial charge on any atom is -0.501 e. The summed E-state index contributed by atoms with van der Waals surface area (Å²) in [4.78, 5) is 73.1. The van der Waals surface area contributed by atoms with Crippen LogP contribution in [-0.4, -0.2) is 81.4 Å². The van der Waals surface area contributed by atoms with Crippen LogP contribution in [0.25, 0.3) is 0 Å². The minimum atomic E-state index is -1.41. The fourth-order valence-electron chi connectivity index (χ4n) is 6.31. The van der Waals surface area contributed by atoms with Crippen molar-refractivity contribution in [1.29, 1.82) is 0 Å². The number of fused-ring (bicyclic) bond motifs is 2. The average molecular weight is 601 g/mol. The summed E-state index contributed by atoms with van der Waals surface area (Å²) in [5.41, 5.74) is -3.19. The Bertz CT molecular complexity index is 1570. The first-order chi connectivity index (χ1) is 20.3. The summed E-state index contributed by atoms with van der Waals surface area (Å²) >= 11 is 0. The predicted molar refractivity (Wildman–Crippen MR) is 148 cm³/mol. The summed E-state index contributed by atoms with van der Waals surface area (Å²) in [6.07, 6.45) is -0.361. The average Bonchev–Trinajstić information content (AvgIpc) is 3.30. The largest absolute Gasteiger partial charge is 0.501 e. The summed E-state index contributed by atoms with van der Waals surface area (Å²) in [6, 6.07) is 4.28. The molecule has 4 heterocycles. The van der Waals surface area contributed by atoms with Gasteiger partial charge in [0.2, 0.25) is 11.7 Å². The van der Waals surface area contributed by atoms with Gasteiger partial charge in [0.15, 0.2) is 5.69 Å². The molecular weight excluding hydrogens is 566 g/mol. The van der Waals surface area contributed by atoms with Gasteiger partial charge in [0, 0.05) is 33.7 Å². The highest BCUT2D eigenvalue weighted by atomic mass is 19.1. The van der Waals surface area contributed by atoms with Crippen molar-refractivity contribution >= 4 is 23.6 Å². The molecule has 1 saturated heterocycles. The van der Waals surface area contributed by atoms with Crippen LogP contribution < -0.4 is 16.2 Å². The molecule has 1 atom stereocenters. The Kier molecular flexibility index (Phi) is 7.73. The second-order valence-electron chi connectivity index (χ2n) is 11.9. The van der Waals surface area contributed by atoms with Crippen molar-refractivity contribution in [2.75, 3.05) is 27.2 Å². The lowest BCUT2D eigenvalue weighted by atomic mass is 9.67. The molecule has 230 valence electrons. The van der Waals surface area contributed by atoms with E-state index in [1.54, 1.807) is 13.0 Å². The molecule has 1 saturated carbocycles. The lowest BCUT2D eigenvalue weighted by molar-refractivity contribution is -0.147. The van der Waals surface area contributed by atoms with Crippen molar-refractivity contribution < 1.29 is 33.1 Å². The number of aromatic nitrogens is 2. The standard InChI is InChI=1S/C29H34F2N6O6/c1-16-12-17(4-5-19(16)31)13-32-22(39)20-21(38)24(41)37-15-28(27(43)36-11-6-18(30)14-36)7-9-29(10-8-28,26(37)33-20)34-23(40)25(42)35(2)3/h4-5,12,18,38H,6-11,13-15H2,1-3H3,(H,32,39)(H,34,40)/t18-,28?,29?/m0/s1. The highest BCUT2D eigenvalue weighted by Gasteiger charge is 2.56. The smallest absolute Gasteiger partial charge is 0.311 e. The van der Waals surface area contributed by atoms with Gasteiger partial charge >= 0.3 is 11.8 Å². The van der Waals surface area contributed by atoms with Gasteiger partial charge in [0.05, 0.1) is 17.5 Å². The number of likely N-dealkylation sites (tertiary alicyclic amines) is 1. The van der Waals surface area contributed by atoms with Crippen LogP contribution in [0.2, 0.25) is 0 Å². The first-order valence-electron chi connectivity index (χ1n) is 14.1. The maximum atomic E-state index is 14.0. The zero-order valence-corrected chi connectivity index (χ0v) is 24.2. The number of carbonyl (C=O) groups excluding carboxylic acids is 4. The number of alkyl halides is 1. The third-order valence-corrected chi connectivity index (χ3v) is 8.81. The summed E-state index contributed by atoms with van der Waals surface area (Å²) < 4.78 is 28.8. The first kappa shape index (κ1) is 30.1. The van der Waals surface area contributed by atoms with Gasteiger partial charge in [-0.3, -0.25) is 28.5 Å². The van der Waals surface area contributed by atoms with Crippen molar-refractivity contribution in [3.05, 3.63) is 57.0 Å². The number of amides is 4. The van der Waals surface area contributed by atoms with E-state index in [-0.39, 0.29) is 70.0 Å². The van der Waals surface area contributed by atoms with E-state index in [0.717, 1.165) is 9.47 Å². The molecule has 3 aliphatic heterocycles. The topological polar surface area (TPSA) is 154 Å². The molecule has 1 aromatic heterocycles. The predicted octanol–water partition coefficient (Wildman–Crippen LogP) is 0.871. The molecule has 1 aliphatic carbocycles. The van der Waals surface area contributed by atoms with Crippen molar-refractivity contribution in [3.8, 4) is 5.75 Å². The number of aromatic hydroxyl groups is 1. The third-order valence-electron chi connectivity index (χ3n) is 8.81. The molecule has 14 heteroatoms. The number of carbonyl (C=O) groups is 4. The molecule has 3 N–H and O–H groups in total. The number of hydrogen-bond donors (Lipinski definition) is 3. The highest BCUT2D eigenvalue weighted by molar-refractivity contribution is 6.35. The summed E-state index contributed by atoms with van der Waals surface area (Å²) in [7, 11) is 2.82. The van der Waals surface area contributed by atoms with Crippen LogP contribution in [0.3, 0.4) is 0 Å². The number of nitrogens with one attached hydrogen (secondary N) is 2. The molecule has 4 aliphatic rings. The summed E-state index contributed by atoms with van der Waals surface area (Å²) in [5, 5.41) is 16.2. The molecule has 43 heavy (non-hydrogen) atoms. The maximum Gasteiger partial charge on any atom is 0.311 e. The van der Waals surface area contributed by atoms with E-state index in [2.05, 4.69) is 15.6 Å². The van der Waals surface area contributed by atoms with Crippen LogP contribution in [0, 0.1) is 18.2 Å². The lowest BCUT2D eigenvalue weighted by Gasteiger charge is -2.42. The number of halogens is 2. The normalized spacial score (nSPS) is 24.2. The number of hydrogen-bond acceptors (Lipinski definition) is 7. The van der Waals surface area contributed by atoms with Crippen LogP contribution in [0.5, 0.6) is 5.75 Å². The van der Waals surface area contributed by atoms with Crippen molar-refractivity contribution in [1.82, 2.24) is 30.0 Å². The molecule has 0 radical (unpaired) electrons. The maximum absolute atomic E-state index is 14.0. The molecule has 6 rings (SSSR count). The number of nitrogens with zero attached hydrogens (tertiary/aromatic N) is 4. The van der Waals surface area contributed by atoms with Crippen molar-refractivity contribution in [2.24, 2.45) is 5.41 Å². The van der Waals surface area contributed by atoms with E-state index in [9.17, 15) is 37.9 Å². The second kappa shape index (κ2) is 11.0. The van der Waals surface area contributed by atoms with Crippen LogP contribution in [0.15, 0.2) is 23.0 Å². The molecule has 2 aromatic rings. The van der Waals surface area contributed by atoms with Gasteiger partial charge in [-0.25, -0.2) is 13.8 Å². The Morgan fingerprint density at radius 3 is 2.47 bits per heavy atom. The SMILES string of the molecule is Cc1cc(CNC(=O)c2nc3n(c(=O)c2O)CC2(C(=O)N4CC[C@H](F)C4)CCC3(NC(=O)C(=O)N(C)C)CC2)ccc1F. The van der Waals surface area contributed by atoms with Gasteiger partial charge in [-0.1, -0.05) is 12.1 Å². The van der Waals surface area contributed by atoms with E-state index in [4.69, 9.17) is 0 Å². The van der Waals surface area contributed by atoms with Crippen LogP contribution in [0.1, 0.15) is 59.5 Å². The number of benzene rings is 1. The zero-order chi connectivity index (χ0) is 31.3. The Morgan fingerprint density at radius 1 is 1.16 bits per heavy atom. The molecule has 0 unspecified atom stereocenters. The first-order valence-corrected chi connectivity index (χ1v) is 14.1. The molecule has 4 amide bonds. The van der Waals surface area contributed by atoms with Crippen LogP contribution in [-0.2, 0) is 33.0 Å². The lowest BCUT2D eigenvalue weighted by Crippen LogP contribution is -2.55. The molecule has 0 spiro atoms. The Balaban J connectivity index is 1.55. The van der Waals surface area contributed by atoms with E-state index in [0.29, 0.717) is 11.1 Å². The molecule has 12 nitrogen and oxygen atoms in total. The van der Waals surface area contributed by atoms with Crippen LogP contribution >= 0.6 is 0 Å². The van der Waals surface area contributed by atoms with Gasteiger partial charge in [0.1, 0.15) is 17.8 Å². The Morgan fingerprint density at radius 2 is 1.86 bits per heavy atom. The second-order valence-corrected chi connectivity index (χ2v) is 11.9. The number of aryl methyl sites for hydroxylation is 1. The molecular formula is C29H34F2N6O6. The summed E-state index contributed by atoms with van der Waals surface area (Å²) in [6.45, 7) is 1.49. The van der Waals surface area contributed by atoms with Gasteiger partial charge < -0.3 is 25.5 Å². The van der Waals surface area contributed by atoms with E-state index >= 15 is 0 Å². The van der Waals surface area contributed by atoms with E-state index < -0.39 is 57.7 Å². The number of rotatable bonds is 5. The molecule has 2 bridgehead atoms. The molecule has 2 fully saturated rings. The van der Waals surface area contributed by atoms with Gasteiger partial charge in [-0.15, -0.1) is 0 Å². The minimum absolute atomic E-state index is 0.0538. The quantitative estimate of drug-likeness (QED) is 0.431. The zero-order valence-electron chi connectivity index (χ0n) is 24.2. The fraction of sp³-hybridized carbons (Fsp3) is 0.517. The van der Waals surface area contributed by atoms with Gasteiger partial charge in [0.25, 0.3) is 11.5 Å². The monoisotopic (exact) mass is 600 g/mol. The van der Waals surface area contributed by atoms with Gasteiger partial charge in [-0.2, -0.15) is 0 Å². The fourth-order valence-corrected chi connectivity index (χ4v) is 6.31. The molecule has 1 aromatic carbocycles. The Labute approximate surface area is 246 Å². The van der Waals surface area contributed by atoms with E-state index in [1.807, 2.05) is 0 Å². The van der Waals surface area contributed by atoms with Crippen molar-refractivity contribution in [2.45, 2.75) is 63.8 Å². The summed E-state index contributed by atoms with van der Waals surface area (Å²) in [5.74, 6) is -4.44. The third kappa shape index (κ3) is 5.34. The van der Waals surface area contributed by atoms with Crippen molar-refractivity contribution in [3.63, 3.8) is 0 Å². The van der Waals surface area contributed by atoms with E-state index in [1.165, 1.54) is 31.1 Å². The van der Waals surface area contributed by atoms with Crippen LogP contribution in [0.4, 0.5) is 8.78 Å². The highest BCUT2D eigenvalue weighted by Crippen LogP contribution is 2.50. The number of likely N-dealkylation sites (N-methyl/N-ethyl adjacent to an activating group) is 1. The van der Waals surface area contributed by atoms with Gasteiger partial charge in [-0.05, 0) is 56.2 Å². The Hall–Kier alpha value is -4.36.